The normalized spacial score (nSPS) is 13.2. The van der Waals surface area contributed by atoms with Crippen molar-refractivity contribution < 1.29 is 0 Å². The number of aromatic nitrogens is 3. The SMILES string of the molecule is CCC(C)CNCc1ncn(C)n1. The number of nitrogens with one attached hydrogen (secondary N) is 1. The van der Waals surface area contributed by atoms with E-state index in [9.17, 15) is 0 Å². The standard InChI is InChI=1S/C9H18N4/c1-4-8(2)5-10-6-9-11-7-13(3)12-9/h7-8,10H,4-6H2,1-3H3. The molecule has 0 aromatic carbocycles. The first-order valence-corrected chi connectivity index (χ1v) is 4.77. The van der Waals surface area contributed by atoms with Gasteiger partial charge in [0.25, 0.3) is 0 Å². The zero-order valence-electron chi connectivity index (χ0n) is 8.62. The molecule has 0 radical (unpaired) electrons. The Balaban J connectivity index is 2.20. The van der Waals surface area contributed by atoms with Crippen LogP contribution >= 0.6 is 0 Å². The maximum Gasteiger partial charge on any atom is 0.164 e. The van der Waals surface area contributed by atoms with E-state index in [-0.39, 0.29) is 0 Å². The van der Waals surface area contributed by atoms with Crippen LogP contribution < -0.4 is 5.32 Å². The van der Waals surface area contributed by atoms with Crippen molar-refractivity contribution in [3.05, 3.63) is 12.2 Å². The summed E-state index contributed by atoms with van der Waals surface area (Å²) in [5.74, 6) is 1.59. The van der Waals surface area contributed by atoms with Crippen molar-refractivity contribution in [2.75, 3.05) is 6.54 Å². The molecule has 0 aliphatic heterocycles. The quantitative estimate of drug-likeness (QED) is 0.737. The third-order valence-electron chi connectivity index (χ3n) is 2.12. The van der Waals surface area contributed by atoms with Crippen LogP contribution in [0.1, 0.15) is 26.1 Å². The van der Waals surface area contributed by atoms with Gasteiger partial charge in [0.2, 0.25) is 0 Å². The second kappa shape index (κ2) is 4.97. The Labute approximate surface area is 79.4 Å². The lowest BCUT2D eigenvalue weighted by Crippen LogP contribution is -2.21. The zero-order chi connectivity index (χ0) is 9.68. The molecule has 0 aliphatic rings. The van der Waals surface area contributed by atoms with E-state index in [1.165, 1.54) is 6.42 Å². The average Bonchev–Trinajstić information content (AvgIpc) is 2.51. The van der Waals surface area contributed by atoms with Gasteiger partial charge < -0.3 is 5.32 Å². The maximum atomic E-state index is 4.18. The summed E-state index contributed by atoms with van der Waals surface area (Å²) in [5.41, 5.74) is 0. The molecule has 4 nitrogen and oxygen atoms in total. The number of rotatable bonds is 5. The molecule has 0 fully saturated rings. The summed E-state index contributed by atoms with van der Waals surface area (Å²) in [5, 5.41) is 7.50. The largest absolute Gasteiger partial charge is 0.310 e. The monoisotopic (exact) mass is 182 g/mol. The molecule has 0 bridgehead atoms. The Morgan fingerprint density at radius 3 is 2.92 bits per heavy atom. The second-order valence-electron chi connectivity index (χ2n) is 3.48. The minimum absolute atomic E-state index is 0.726. The Hall–Kier alpha value is -0.900. The predicted molar refractivity (Wildman–Crippen MR) is 52.2 cm³/mol. The lowest BCUT2D eigenvalue weighted by Gasteiger charge is -2.07. The van der Waals surface area contributed by atoms with Crippen molar-refractivity contribution in [3.8, 4) is 0 Å². The van der Waals surface area contributed by atoms with Crippen molar-refractivity contribution in [1.29, 1.82) is 0 Å². The van der Waals surface area contributed by atoms with Gasteiger partial charge in [0.15, 0.2) is 5.82 Å². The summed E-state index contributed by atoms with van der Waals surface area (Å²) in [6, 6.07) is 0. The van der Waals surface area contributed by atoms with Crippen molar-refractivity contribution in [1.82, 2.24) is 20.1 Å². The van der Waals surface area contributed by atoms with E-state index < -0.39 is 0 Å². The fraction of sp³-hybridized carbons (Fsp3) is 0.778. The highest BCUT2D eigenvalue weighted by Crippen LogP contribution is 1.97. The fourth-order valence-electron chi connectivity index (χ4n) is 1.04. The molecule has 1 N–H and O–H groups in total. The zero-order valence-corrected chi connectivity index (χ0v) is 8.62. The summed E-state index contributed by atoms with van der Waals surface area (Å²) >= 11 is 0. The van der Waals surface area contributed by atoms with E-state index in [0.717, 1.165) is 24.8 Å². The molecule has 1 aromatic heterocycles. The van der Waals surface area contributed by atoms with Crippen molar-refractivity contribution in [3.63, 3.8) is 0 Å². The highest BCUT2D eigenvalue weighted by atomic mass is 15.3. The van der Waals surface area contributed by atoms with Gasteiger partial charge in [-0.05, 0) is 12.5 Å². The van der Waals surface area contributed by atoms with Crippen LogP contribution in [0.15, 0.2) is 6.33 Å². The summed E-state index contributed by atoms with van der Waals surface area (Å²) in [7, 11) is 1.88. The molecule has 1 unspecified atom stereocenters. The average molecular weight is 182 g/mol. The van der Waals surface area contributed by atoms with Crippen molar-refractivity contribution in [2.45, 2.75) is 26.8 Å². The van der Waals surface area contributed by atoms with Gasteiger partial charge in [-0.25, -0.2) is 4.98 Å². The van der Waals surface area contributed by atoms with Gasteiger partial charge in [-0.1, -0.05) is 20.3 Å². The first-order valence-electron chi connectivity index (χ1n) is 4.77. The smallest absolute Gasteiger partial charge is 0.164 e. The van der Waals surface area contributed by atoms with Crippen LogP contribution in [-0.4, -0.2) is 21.3 Å². The van der Waals surface area contributed by atoms with E-state index in [1.807, 2.05) is 7.05 Å². The molecule has 4 heteroatoms. The summed E-state index contributed by atoms with van der Waals surface area (Å²) in [4.78, 5) is 4.13. The summed E-state index contributed by atoms with van der Waals surface area (Å²) in [6.45, 7) is 6.24. The number of nitrogens with zero attached hydrogens (tertiary/aromatic N) is 3. The summed E-state index contributed by atoms with van der Waals surface area (Å²) in [6.07, 6.45) is 2.93. The van der Waals surface area contributed by atoms with Gasteiger partial charge in [-0.15, -0.1) is 0 Å². The molecule has 0 aliphatic carbocycles. The van der Waals surface area contributed by atoms with Gasteiger partial charge >= 0.3 is 0 Å². The van der Waals surface area contributed by atoms with Crippen LogP contribution in [-0.2, 0) is 13.6 Å². The highest BCUT2D eigenvalue weighted by Gasteiger charge is 2.00. The molecule has 74 valence electrons. The molecule has 1 rings (SSSR count). The first kappa shape index (κ1) is 10.2. The Kier molecular flexibility index (Phi) is 3.89. The fourth-order valence-corrected chi connectivity index (χ4v) is 1.04. The van der Waals surface area contributed by atoms with E-state index in [1.54, 1.807) is 11.0 Å². The van der Waals surface area contributed by atoms with Crippen LogP contribution in [0.5, 0.6) is 0 Å². The van der Waals surface area contributed by atoms with Crippen LogP contribution in [0, 0.1) is 5.92 Å². The number of hydrogen-bond acceptors (Lipinski definition) is 3. The third-order valence-corrected chi connectivity index (χ3v) is 2.12. The minimum atomic E-state index is 0.726. The van der Waals surface area contributed by atoms with E-state index in [0.29, 0.717) is 0 Å². The molecular weight excluding hydrogens is 164 g/mol. The van der Waals surface area contributed by atoms with Crippen LogP contribution in [0.3, 0.4) is 0 Å². The molecule has 0 amide bonds. The van der Waals surface area contributed by atoms with Crippen LogP contribution in [0.2, 0.25) is 0 Å². The Morgan fingerprint density at radius 1 is 1.62 bits per heavy atom. The van der Waals surface area contributed by atoms with E-state index >= 15 is 0 Å². The number of aryl methyl sites for hydroxylation is 1. The minimum Gasteiger partial charge on any atom is -0.310 e. The van der Waals surface area contributed by atoms with Crippen molar-refractivity contribution in [2.24, 2.45) is 13.0 Å². The summed E-state index contributed by atoms with van der Waals surface area (Å²) < 4.78 is 1.72. The van der Waals surface area contributed by atoms with Crippen LogP contribution in [0.25, 0.3) is 0 Å². The Bertz CT molecular complexity index is 244. The van der Waals surface area contributed by atoms with Gasteiger partial charge in [-0.3, -0.25) is 4.68 Å². The molecular formula is C9H18N4. The van der Waals surface area contributed by atoms with E-state index in [2.05, 4.69) is 29.2 Å². The lowest BCUT2D eigenvalue weighted by atomic mass is 10.1. The third kappa shape index (κ3) is 3.55. The predicted octanol–water partition coefficient (Wildman–Crippen LogP) is 0.951. The van der Waals surface area contributed by atoms with Gasteiger partial charge in [0, 0.05) is 7.05 Å². The molecule has 1 atom stereocenters. The molecule has 1 heterocycles. The first-order chi connectivity index (χ1) is 6.22. The molecule has 13 heavy (non-hydrogen) atoms. The second-order valence-corrected chi connectivity index (χ2v) is 3.48. The maximum absolute atomic E-state index is 4.18. The number of hydrogen-bond donors (Lipinski definition) is 1. The molecule has 0 spiro atoms. The van der Waals surface area contributed by atoms with E-state index in [4.69, 9.17) is 0 Å². The highest BCUT2D eigenvalue weighted by molar-refractivity contribution is 4.79. The topological polar surface area (TPSA) is 42.7 Å². The van der Waals surface area contributed by atoms with Gasteiger partial charge in [0.1, 0.15) is 6.33 Å². The van der Waals surface area contributed by atoms with Gasteiger partial charge in [-0.2, -0.15) is 5.10 Å². The van der Waals surface area contributed by atoms with Gasteiger partial charge in [0.05, 0.1) is 6.54 Å². The molecule has 0 saturated heterocycles. The Morgan fingerprint density at radius 2 is 2.38 bits per heavy atom. The van der Waals surface area contributed by atoms with Crippen molar-refractivity contribution >= 4 is 0 Å². The molecule has 0 saturated carbocycles. The lowest BCUT2D eigenvalue weighted by molar-refractivity contribution is 0.493. The molecule has 1 aromatic rings. The van der Waals surface area contributed by atoms with Crippen LogP contribution in [0.4, 0.5) is 0 Å².